The van der Waals surface area contributed by atoms with Crippen molar-refractivity contribution < 1.29 is 27.1 Å². The minimum atomic E-state index is -4.51. The normalized spacial score (nSPS) is 12.7. The Bertz CT molecular complexity index is 627. The minimum Gasteiger partial charge on any atom is -0.467 e. The Balaban J connectivity index is 2.09. The average Bonchev–Trinajstić information content (AvgIpc) is 2.99. The van der Waals surface area contributed by atoms with E-state index in [2.05, 4.69) is 15.0 Å². The maximum absolute atomic E-state index is 12.2. The van der Waals surface area contributed by atoms with E-state index in [4.69, 9.17) is 4.42 Å². The van der Waals surface area contributed by atoms with Crippen LogP contribution in [0.2, 0.25) is 0 Å². The van der Waals surface area contributed by atoms with Crippen LogP contribution >= 0.6 is 0 Å². The molecule has 22 heavy (non-hydrogen) atoms. The van der Waals surface area contributed by atoms with Crippen LogP contribution in [0.15, 0.2) is 41.1 Å². The molecule has 1 atom stereocenters. The lowest BCUT2D eigenvalue weighted by atomic mass is 10.2. The predicted octanol–water partition coefficient (Wildman–Crippen LogP) is 3.11. The molecule has 8 heteroatoms. The Morgan fingerprint density at radius 1 is 1.41 bits per heavy atom. The molecule has 1 N–H and O–H groups in total. The van der Waals surface area contributed by atoms with Gasteiger partial charge in [0.25, 0.3) is 5.91 Å². The molecule has 0 spiro atoms. The van der Waals surface area contributed by atoms with Crippen LogP contribution in [0.5, 0.6) is 5.88 Å². The van der Waals surface area contributed by atoms with Gasteiger partial charge in [0.2, 0.25) is 5.88 Å². The highest BCUT2D eigenvalue weighted by Crippen LogP contribution is 2.21. The quantitative estimate of drug-likeness (QED) is 0.921. The topological polar surface area (TPSA) is 64.4 Å². The third-order valence-corrected chi connectivity index (χ3v) is 2.71. The van der Waals surface area contributed by atoms with Crippen molar-refractivity contribution in [3.8, 4) is 5.88 Å². The Morgan fingerprint density at radius 2 is 2.18 bits per heavy atom. The number of hydrogen-bond donors (Lipinski definition) is 1. The van der Waals surface area contributed by atoms with Crippen molar-refractivity contribution in [2.75, 3.05) is 6.61 Å². The van der Waals surface area contributed by atoms with E-state index in [0.29, 0.717) is 5.76 Å². The molecule has 2 heterocycles. The maximum atomic E-state index is 12.2. The first-order valence-corrected chi connectivity index (χ1v) is 6.35. The number of furan rings is 1. The van der Waals surface area contributed by atoms with Crippen molar-refractivity contribution in [2.24, 2.45) is 0 Å². The fraction of sp³-hybridized carbons (Fsp3) is 0.286. The highest BCUT2D eigenvalue weighted by atomic mass is 19.4. The van der Waals surface area contributed by atoms with E-state index < -0.39 is 24.7 Å². The summed E-state index contributed by atoms with van der Waals surface area (Å²) in [5.41, 5.74) is -0.0786. The number of amides is 1. The second kappa shape index (κ2) is 6.50. The summed E-state index contributed by atoms with van der Waals surface area (Å²) in [5, 5.41) is 2.60. The van der Waals surface area contributed by atoms with Crippen molar-refractivity contribution in [1.82, 2.24) is 10.3 Å². The number of hydrogen-bond acceptors (Lipinski definition) is 4. The van der Waals surface area contributed by atoms with Gasteiger partial charge in [0, 0.05) is 6.20 Å². The van der Waals surface area contributed by atoms with E-state index in [9.17, 15) is 18.0 Å². The fourth-order valence-corrected chi connectivity index (χ4v) is 1.71. The van der Waals surface area contributed by atoms with Crippen molar-refractivity contribution in [3.63, 3.8) is 0 Å². The molecular weight excluding hydrogens is 301 g/mol. The minimum absolute atomic E-state index is 0.0786. The second-order valence-corrected chi connectivity index (χ2v) is 4.47. The summed E-state index contributed by atoms with van der Waals surface area (Å²) in [6.45, 7) is 0.168. The van der Waals surface area contributed by atoms with Crippen LogP contribution in [0.3, 0.4) is 0 Å². The lowest BCUT2D eigenvalue weighted by Crippen LogP contribution is -2.28. The monoisotopic (exact) mass is 314 g/mol. The molecule has 0 saturated heterocycles. The summed E-state index contributed by atoms with van der Waals surface area (Å²) in [6.07, 6.45) is -1.80. The summed E-state index contributed by atoms with van der Waals surface area (Å²) < 4.78 is 46.3. The molecule has 0 aromatic carbocycles. The smallest absolute Gasteiger partial charge is 0.422 e. The number of ether oxygens (including phenoxy) is 1. The van der Waals surface area contributed by atoms with Gasteiger partial charge in [-0.25, -0.2) is 4.98 Å². The highest BCUT2D eigenvalue weighted by Gasteiger charge is 2.29. The maximum Gasteiger partial charge on any atom is 0.422 e. The first-order chi connectivity index (χ1) is 10.4. The Morgan fingerprint density at radius 3 is 2.82 bits per heavy atom. The molecule has 0 unspecified atom stereocenters. The van der Waals surface area contributed by atoms with Crippen LogP contribution in [0.1, 0.15) is 29.1 Å². The van der Waals surface area contributed by atoms with E-state index in [1.54, 1.807) is 19.1 Å². The summed E-state index contributed by atoms with van der Waals surface area (Å²) >= 11 is 0. The van der Waals surface area contributed by atoms with Crippen LogP contribution in [0, 0.1) is 0 Å². The summed E-state index contributed by atoms with van der Waals surface area (Å²) in [4.78, 5) is 15.8. The second-order valence-electron chi connectivity index (χ2n) is 4.47. The zero-order valence-corrected chi connectivity index (χ0v) is 11.6. The van der Waals surface area contributed by atoms with Gasteiger partial charge in [-0.15, -0.1) is 0 Å². The van der Waals surface area contributed by atoms with Gasteiger partial charge < -0.3 is 14.5 Å². The highest BCUT2D eigenvalue weighted by molar-refractivity contribution is 5.96. The third kappa shape index (κ3) is 4.24. The first kappa shape index (κ1) is 15.9. The molecule has 0 saturated carbocycles. The van der Waals surface area contributed by atoms with Crippen LogP contribution in [-0.4, -0.2) is 23.7 Å². The van der Waals surface area contributed by atoms with Crippen LogP contribution in [0.25, 0.3) is 0 Å². The number of nitrogens with zero attached hydrogens (tertiary/aromatic N) is 1. The number of aromatic nitrogens is 1. The number of alkyl halides is 3. The molecular formula is C14H13F3N2O3. The molecule has 5 nitrogen and oxygen atoms in total. The van der Waals surface area contributed by atoms with E-state index >= 15 is 0 Å². The lowest BCUT2D eigenvalue weighted by molar-refractivity contribution is -0.154. The zero-order valence-electron chi connectivity index (χ0n) is 11.6. The Labute approximate surface area is 124 Å². The van der Waals surface area contributed by atoms with Crippen molar-refractivity contribution in [3.05, 3.63) is 48.0 Å². The first-order valence-electron chi connectivity index (χ1n) is 6.35. The van der Waals surface area contributed by atoms with Gasteiger partial charge in [-0.1, -0.05) is 0 Å². The van der Waals surface area contributed by atoms with Crippen LogP contribution in [-0.2, 0) is 0 Å². The SMILES string of the molecule is C[C@@H](NC(=O)c1cccnc1OCC(F)(F)F)c1ccco1. The molecule has 0 aliphatic carbocycles. The number of pyridine rings is 1. The molecule has 2 rings (SSSR count). The number of carbonyl (C=O) groups excluding carboxylic acids is 1. The molecule has 118 valence electrons. The molecule has 0 radical (unpaired) electrons. The molecule has 0 bridgehead atoms. The molecule has 1 amide bonds. The summed E-state index contributed by atoms with van der Waals surface area (Å²) in [6, 6.07) is 5.67. The van der Waals surface area contributed by atoms with E-state index in [1.807, 2.05) is 0 Å². The Kier molecular flexibility index (Phi) is 4.69. The fourth-order valence-electron chi connectivity index (χ4n) is 1.71. The molecule has 0 aliphatic heterocycles. The van der Waals surface area contributed by atoms with E-state index in [0.717, 1.165) is 0 Å². The van der Waals surface area contributed by atoms with Gasteiger partial charge in [0.1, 0.15) is 11.3 Å². The van der Waals surface area contributed by atoms with Gasteiger partial charge in [0.05, 0.1) is 12.3 Å². The molecule has 2 aromatic heterocycles. The molecule has 0 fully saturated rings. The average molecular weight is 314 g/mol. The van der Waals surface area contributed by atoms with Crippen molar-refractivity contribution >= 4 is 5.91 Å². The van der Waals surface area contributed by atoms with Crippen LogP contribution < -0.4 is 10.1 Å². The van der Waals surface area contributed by atoms with Crippen molar-refractivity contribution in [2.45, 2.75) is 19.1 Å². The Hall–Kier alpha value is -2.51. The number of carbonyl (C=O) groups is 1. The van der Waals surface area contributed by atoms with Gasteiger partial charge >= 0.3 is 6.18 Å². The lowest BCUT2D eigenvalue weighted by Gasteiger charge is -2.14. The number of rotatable bonds is 5. The predicted molar refractivity (Wildman–Crippen MR) is 70.4 cm³/mol. The van der Waals surface area contributed by atoms with Gasteiger partial charge in [-0.05, 0) is 31.2 Å². The van der Waals surface area contributed by atoms with Crippen molar-refractivity contribution in [1.29, 1.82) is 0 Å². The number of halogens is 3. The molecule has 2 aromatic rings. The van der Waals surface area contributed by atoms with Crippen LogP contribution in [0.4, 0.5) is 13.2 Å². The summed E-state index contributed by atoms with van der Waals surface area (Å²) in [7, 11) is 0. The van der Waals surface area contributed by atoms with Gasteiger partial charge in [0.15, 0.2) is 6.61 Å². The zero-order chi connectivity index (χ0) is 16.2. The molecule has 0 aliphatic rings. The number of nitrogens with one attached hydrogen (secondary N) is 1. The van der Waals surface area contributed by atoms with E-state index in [-0.39, 0.29) is 11.4 Å². The standard InChI is InChI=1S/C14H13F3N2O3/c1-9(11-5-3-7-21-11)19-12(20)10-4-2-6-18-13(10)22-8-14(15,16)17/h2-7,9H,8H2,1H3,(H,19,20)/t9-/m1/s1. The van der Waals surface area contributed by atoms with E-state index in [1.165, 1.54) is 24.6 Å². The largest absolute Gasteiger partial charge is 0.467 e. The van der Waals surface area contributed by atoms with Gasteiger partial charge in [-0.3, -0.25) is 4.79 Å². The summed E-state index contributed by atoms with van der Waals surface area (Å²) in [5.74, 6) is -0.451. The third-order valence-electron chi connectivity index (χ3n) is 2.71. The van der Waals surface area contributed by atoms with Gasteiger partial charge in [-0.2, -0.15) is 13.2 Å².